The largest absolute Gasteiger partial charge is 0.374 e. The molecule has 16 heavy (non-hydrogen) atoms. The van der Waals surface area contributed by atoms with Crippen LogP contribution in [-0.4, -0.2) is 24.7 Å². The van der Waals surface area contributed by atoms with Gasteiger partial charge < -0.3 is 4.74 Å². The summed E-state index contributed by atoms with van der Waals surface area (Å²) in [5.74, 6) is 0.645. The van der Waals surface area contributed by atoms with Gasteiger partial charge in [-0.05, 0) is 25.5 Å². The Morgan fingerprint density at radius 1 is 1.31 bits per heavy atom. The molecule has 0 amide bonds. The van der Waals surface area contributed by atoms with Crippen molar-refractivity contribution in [2.24, 2.45) is 0 Å². The molecule has 0 radical (unpaired) electrons. The van der Waals surface area contributed by atoms with E-state index >= 15 is 0 Å². The first-order valence-electron chi connectivity index (χ1n) is 5.51. The maximum atomic E-state index is 11.4. The van der Waals surface area contributed by atoms with Gasteiger partial charge in [-0.2, -0.15) is 0 Å². The van der Waals surface area contributed by atoms with Crippen molar-refractivity contribution in [2.45, 2.75) is 25.2 Å². The van der Waals surface area contributed by atoms with Gasteiger partial charge in [0.2, 0.25) is 0 Å². The topological polar surface area (TPSA) is 26.3 Å². The van der Waals surface area contributed by atoms with Crippen LogP contribution in [-0.2, 0) is 9.53 Å². The zero-order valence-corrected chi connectivity index (χ0v) is 10.7. The Morgan fingerprint density at radius 3 is 2.62 bits per heavy atom. The molecule has 0 aromatic heterocycles. The molecule has 0 saturated heterocycles. The number of ether oxygens (including phenoxy) is 1. The maximum absolute atomic E-state index is 11.4. The zero-order valence-electron chi connectivity index (χ0n) is 9.86. The predicted molar refractivity (Wildman–Crippen MR) is 68.0 cm³/mol. The molecule has 1 aromatic rings. The number of benzene rings is 1. The highest BCUT2D eigenvalue weighted by Gasteiger charge is 2.02. The summed E-state index contributed by atoms with van der Waals surface area (Å²) < 4.78 is 5.19. The molecule has 0 aliphatic carbocycles. The average Bonchev–Trinajstić information content (AvgIpc) is 2.29. The van der Waals surface area contributed by atoms with Crippen molar-refractivity contribution in [3.63, 3.8) is 0 Å². The van der Waals surface area contributed by atoms with Crippen LogP contribution >= 0.6 is 11.8 Å². The lowest BCUT2D eigenvalue weighted by Gasteiger charge is -2.02. The summed E-state index contributed by atoms with van der Waals surface area (Å²) in [7, 11) is 0. The van der Waals surface area contributed by atoms with E-state index < -0.39 is 0 Å². The van der Waals surface area contributed by atoms with E-state index in [2.05, 4.69) is 19.1 Å². The highest BCUT2D eigenvalue weighted by Crippen LogP contribution is 2.17. The van der Waals surface area contributed by atoms with Crippen LogP contribution in [0.25, 0.3) is 0 Å². The van der Waals surface area contributed by atoms with Crippen molar-refractivity contribution in [1.29, 1.82) is 0 Å². The fourth-order valence-corrected chi connectivity index (χ4v) is 1.91. The van der Waals surface area contributed by atoms with Crippen LogP contribution in [0.2, 0.25) is 0 Å². The van der Waals surface area contributed by atoms with Crippen LogP contribution in [0, 0.1) is 6.92 Å². The van der Waals surface area contributed by atoms with E-state index in [4.69, 9.17) is 4.74 Å². The Morgan fingerprint density at radius 2 is 2.00 bits per heavy atom. The summed E-state index contributed by atoms with van der Waals surface area (Å²) in [4.78, 5) is 12.5. The van der Waals surface area contributed by atoms with Crippen LogP contribution in [0.15, 0.2) is 29.2 Å². The zero-order chi connectivity index (χ0) is 11.8. The molecule has 0 N–H and O–H groups in total. The molecule has 3 heteroatoms. The molecule has 0 heterocycles. The second-order valence-corrected chi connectivity index (χ2v) is 4.74. The van der Waals surface area contributed by atoms with Gasteiger partial charge in [0.1, 0.15) is 6.61 Å². The van der Waals surface area contributed by atoms with E-state index in [0.717, 1.165) is 11.3 Å². The van der Waals surface area contributed by atoms with E-state index in [1.54, 1.807) is 11.8 Å². The lowest BCUT2D eigenvalue weighted by atomic mass is 10.2. The molecule has 0 unspecified atom stereocenters. The van der Waals surface area contributed by atoms with E-state index in [1.807, 2.05) is 19.1 Å². The lowest BCUT2D eigenvalue weighted by Crippen LogP contribution is -2.11. The highest BCUT2D eigenvalue weighted by molar-refractivity contribution is 8.00. The van der Waals surface area contributed by atoms with Crippen LogP contribution < -0.4 is 0 Å². The molecule has 1 rings (SSSR count). The van der Waals surface area contributed by atoms with Gasteiger partial charge in [-0.1, -0.05) is 24.6 Å². The monoisotopic (exact) mass is 238 g/mol. The smallest absolute Gasteiger partial charge is 0.168 e. The van der Waals surface area contributed by atoms with Gasteiger partial charge in [0, 0.05) is 11.5 Å². The van der Waals surface area contributed by atoms with Crippen molar-refractivity contribution >= 4 is 17.5 Å². The number of carbonyl (C=O) groups is 1. The third-order valence-corrected chi connectivity index (χ3v) is 3.10. The molecule has 0 aliphatic heterocycles. The van der Waals surface area contributed by atoms with Gasteiger partial charge in [0.05, 0.1) is 5.75 Å². The summed E-state index contributed by atoms with van der Waals surface area (Å²) in [6, 6.07) is 8.20. The number of Topliss-reactive ketones (excluding diaryl/α,β-unsaturated/α-hetero) is 1. The second-order valence-electron chi connectivity index (χ2n) is 3.69. The molecule has 0 spiro atoms. The van der Waals surface area contributed by atoms with Crippen molar-refractivity contribution in [2.75, 3.05) is 19.0 Å². The van der Waals surface area contributed by atoms with Crippen molar-refractivity contribution in [1.82, 2.24) is 0 Å². The van der Waals surface area contributed by atoms with E-state index in [0.29, 0.717) is 12.4 Å². The molecular weight excluding hydrogens is 220 g/mol. The van der Waals surface area contributed by atoms with E-state index in [1.165, 1.54) is 5.56 Å². The number of rotatable bonds is 7. The van der Waals surface area contributed by atoms with Gasteiger partial charge in [-0.25, -0.2) is 0 Å². The number of hydrogen-bond donors (Lipinski definition) is 0. The maximum Gasteiger partial charge on any atom is 0.168 e. The highest BCUT2D eigenvalue weighted by atomic mass is 32.2. The minimum Gasteiger partial charge on any atom is -0.374 e. The molecule has 0 saturated carbocycles. The summed E-state index contributed by atoms with van der Waals surface area (Å²) in [6.07, 6.45) is 0.957. The molecule has 1 aromatic carbocycles. The third-order valence-electron chi connectivity index (χ3n) is 2.03. The number of hydrogen-bond acceptors (Lipinski definition) is 3. The predicted octanol–water partition coefficient (Wildman–Crippen LogP) is 3.08. The Balaban J connectivity index is 2.23. The molecular formula is C13H18O2S. The number of ketones is 1. The second kappa shape index (κ2) is 7.47. The fourth-order valence-electron chi connectivity index (χ4n) is 1.17. The fraction of sp³-hybridized carbons (Fsp3) is 0.462. The first kappa shape index (κ1) is 13.3. The van der Waals surface area contributed by atoms with Gasteiger partial charge >= 0.3 is 0 Å². The third kappa shape index (κ3) is 5.33. The van der Waals surface area contributed by atoms with Crippen LogP contribution in [0.5, 0.6) is 0 Å². The van der Waals surface area contributed by atoms with Crippen molar-refractivity contribution in [3.05, 3.63) is 29.8 Å². The van der Waals surface area contributed by atoms with Gasteiger partial charge in [-0.3, -0.25) is 4.79 Å². The summed E-state index contributed by atoms with van der Waals surface area (Å²) >= 11 is 1.57. The standard InChI is InChI=1S/C13H18O2S/c1-3-8-15-9-12(14)10-16-13-6-4-11(2)5-7-13/h4-7H,3,8-10H2,1-2H3. The van der Waals surface area contributed by atoms with Crippen molar-refractivity contribution < 1.29 is 9.53 Å². The SMILES string of the molecule is CCCOCC(=O)CSc1ccc(C)cc1. The molecule has 0 fully saturated rings. The quantitative estimate of drug-likeness (QED) is 0.539. The van der Waals surface area contributed by atoms with Gasteiger partial charge in [0.15, 0.2) is 5.78 Å². The normalized spacial score (nSPS) is 10.4. The first-order chi connectivity index (χ1) is 7.72. The first-order valence-corrected chi connectivity index (χ1v) is 6.50. The molecule has 88 valence electrons. The van der Waals surface area contributed by atoms with Gasteiger partial charge in [-0.15, -0.1) is 11.8 Å². The Labute approximate surface area is 101 Å². The summed E-state index contributed by atoms with van der Waals surface area (Å²) in [5, 5.41) is 0. The molecule has 2 nitrogen and oxygen atoms in total. The van der Waals surface area contributed by atoms with Gasteiger partial charge in [0.25, 0.3) is 0 Å². The minimum absolute atomic E-state index is 0.152. The molecule has 0 bridgehead atoms. The Hall–Kier alpha value is -0.800. The lowest BCUT2D eigenvalue weighted by molar-refractivity contribution is -0.121. The minimum atomic E-state index is 0.152. The van der Waals surface area contributed by atoms with Crippen LogP contribution in [0.3, 0.4) is 0 Å². The number of aryl methyl sites for hydroxylation is 1. The number of thioether (sulfide) groups is 1. The Kier molecular flexibility index (Phi) is 6.19. The van der Waals surface area contributed by atoms with E-state index in [9.17, 15) is 4.79 Å². The van der Waals surface area contributed by atoms with Crippen LogP contribution in [0.4, 0.5) is 0 Å². The average molecular weight is 238 g/mol. The Bertz CT molecular complexity index is 319. The summed E-state index contributed by atoms with van der Waals surface area (Å²) in [5.41, 5.74) is 1.24. The van der Waals surface area contributed by atoms with Crippen LogP contribution in [0.1, 0.15) is 18.9 Å². The molecule has 0 aliphatic rings. The van der Waals surface area contributed by atoms with E-state index in [-0.39, 0.29) is 12.4 Å². The van der Waals surface area contributed by atoms with Crippen molar-refractivity contribution in [3.8, 4) is 0 Å². The molecule has 0 atom stereocenters. The number of carbonyl (C=O) groups excluding carboxylic acids is 1. The summed E-state index contributed by atoms with van der Waals surface area (Å²) in [6.45, 7) is 5.00.